The Morgan fingerprint density at radius 1 is 1.29 bits per heavy atom. The molecule has 0 unspecified atom stereocenters. The summed E-state index contributed by atoms with van der Waals surface area (Å²) in [6.45, 7) is 9.40. The zero-order valence-electron chi connectivity index (χ0n) is 20.1. The number of amides is 1. The van der Waals surface area contributed by atoms with E-state index in [1.807, 2.05) is 44.3 Å². The Bertz CT molecular complexity index is 1160. The molecule has 9 heteroatoms. The monoisotopic (exact) mass is 461 g/mol. The molecule has 0 fully saturated rings. The average molecular weight is 462 g/mol. The van der Waals surface area contributed by atoms with Crippen molar-refractivity contribution in [3.8, 4) is 0 Å². The maximum atomic E-state index is 12.1. The number of nitrogens with two attached hydrogens (primary N) is 1. The Balaban J connectivity index is 1.76. The minimum absolute atomic E-state index is 0.180. The number of amidine groups is 1. The summed E-state index contributed by atoms with van der Waals surface area (Å²) in [6.07, 6.45) is 11.6. The SMILES string of the molecule is CC(C)C(C=N)=CC(N)=NC1=CC=C2NC=C(c3ccnc(NC(=O)OC(C)(C)C)c3)C=C2N1. The highest BCUT2D eigenvalue weighted by atomic mass is 16.6. The van der Waals surface area contributed by atoms with Gasteiger partial charge in [-0.1, -0.05) is 13.8 Å². The van der Waals surface area contributed by atoms with Gasteiger partial charge in [0.1, 0.15) is 23.1 Å². The van der Waals surface area contributed by atoms with E-state index in [1.165, 1.54) is 6.21 Å². The number of nitrogens with one attached hydrogen (secondary N) is 4. The molecule has 1 aromatic heterocycles. The van der Waals surface area contributed by atoms with Crippen molar-refractivity contribution in [1.82, 2.24) is 15.6 Å². The zero-order chi connectivity index (χ0) is 24.9. The van der Waals surface area contributed by atoms with Gasteiger partial charge in [-0.2, -0.15) is 0 Å². The molecule has 9 nitrogen and oxygen atoms in total. The third-order valence-electron chi connectivity index (χ3n) is 4.76. The molecule has 0 saturated carbocycles. The second kappa shape index (κ2) is 10.2. The summed E-state index contributed by atoms with van der Waals surface area (Å²) < 4.78 is 5.29. The number of allylic oxidation sites excluding steroid dienone is 5. The van der Waals surface area contributed by atoms with Gasteiger partial charge in [0.2, 0.25) is 0 Å². The number of carbonyl (C=O) groups excluding carboxylic acids is 1. The molecule has 178 valence electrons. The summed E-state index contributed by atoms with van der Waals surface area (Å²) in [5, 5.41) is 16.7. The molecule has 2 aliphatic heterocycles. The van der Waals surface area contributed by atoms with Crippen molar-refractivity contribution in [3.63, 3.8) is 0 Å². The number of dihydropyridines is 2. The van der Waals surface area contributed by atoms with E-state index in [9.17, 15) is 4.79 Å². The van der Waals surface area contributed by atoms with E-state index in [4.69, 9.17) is 15.9 Å². The van der Waals surface area contributed by atoms with Crippen LogP contribution in [0.25, 0.3) is 5.57 Å². The van der Waals surface area contributed by atoms with Crippen LogP contribution >= 0.6 is 0 Å². The second-order valence-corrected chi connectivity index (χ2v) is 9.10. The Kier molecular flexibility index (Phi) is 7.35. The Labute approximate surface area is 199 Å². The lowest BCUT2D eigenvalue weighted by molar-refractivity contribution is 0.0635. The summed E-state index contributed by atoms with van der Waals surface area (Å²) in [7, 11) is 0. The van der Waals surface area contributed by atoms with E-state index in [1.54, 1.807) is 39.1 Å². The zero-order valence-corrected chi connectivity index (χ0v) is 20.1. The van der Waals surface area contributed by atoms with Crippen LogP contribution in [0.3, 0.4) is 0 Å². The van der Waals surface area contributed by atoms with Crippen molar-refractivity contribution in [2.75, 3.05) is 5.32 Å². The summed E-state index contributed by atoms with van der Waals surface area (Å²) >= 11 is 0. The van der Waals surface area contributed by atoms with Gasteiger partial charge in [0.05, 0.1) is 11.4 Å². The van der Waals surface area contributed by atoms with E-state index < -0.39 is 11.7 Å². The fraction of sp³-hybridized carbons (Fsp3) is 0.280. The minimum Gasteiger partial charge on any atom is -0.444 e. The number of hydrogen-bond donors (Lipinski definition) is 5. The molecule has 34 heavy (non-hydrogen) atoms. The van der Waals surface area contributed by atoms with Crippen LogP contribution in [-0.4, -0.2) is 28.7 Å². The number of aliphatic imine (C=N–C) groups is 1. The lowest BCUT2D eigenvalue weighted by Crippen LogP contribution is -2.27. The number of carbonyl (C=O) groups is 1. The smallest absolute Gasteiger partial charge is 0.413 e. The Morgan fingerprint density at radius 2 is 2.06 bits per heavy atom. The predicted octanol–water partition coefficient (Wildman–Crippen LogP) is 4.17. The normalized spacial score (nSPS) is 16.2. The quantitative estimate of drug-likeness (QED) is 0.318. The molecule has 0 atom stereocenters. The molecule has 3 heterocycles. The molecule has 0 saturated heterocycles. The van der Waals surface area contributed by atoms with Gasteiger partial charge in [0, 0.05) is 18.6 Å². The van der Waals surface area contributed by atoms with Gasteiger partial charge >= 0.3 is 6.09 Å². The summed E-state index contributed by atoms with van der Waals surface area (Å²) in [5.41, 5.74) is 9.73. The first-order chi connectivity index (χ1) is 16.0. The maximum absolute atomic E-state index is 12.1. The van der Waals surface area contributed by atoms with E-state index in [-0.39, 0.29) is 5.92 Å². The van der Waals surface area contributed by atoms with Gasteiger partial charge < -0.3 is 26.5 Å². The van der Waals surface area contributed by atoms with Crippen molar-refractivity contribution < 1.29 is 9.53 Å². The standard InChI is InChI=1S/C25H31N7O2/c1-15(2)17(13-26)11-21(27)31-22-7-6-19-20(30-22)10-18(14-29-19)16-8-9-28-23(12-16)32-24(33)34-25(3,4)5/h6-15,26,29-30H,1-5H3,(H2,27,31)(H,28,32,33). The van der Waals surface area contributed by atoms with Crippen LogP contribution in [0.2, 0.25) is 0 Å². The van der Waals surface area contributed by atoms with E-state index in [0.29, 0.717) is 17.5 Å². The molecule has 0 radical (unpaired) electrons. The Hall–Kier alpha value is -4.14. The molecule has 6 N–H and O–H groups in total. The van der Waals surface area contributed by atoms with Gasteiger partial charge in [0.25, 0.3) is 0 Å². The number of pyridine rings is 1. The molecule has 2 aliphatic rings. The molecule has 0 aromatic carbocycles. The van der Waals surface area contributed by atoms with Crippen LogP contribution in [-0.2, 0) is 4.74 Å². The highest BCUT2D eigenvalue weighted by Crippen LogP contribution is 2.26. The Morgan fingerprint density at radius 3 is 2.74 bits per heavy atom. The van der Waals surface area contributed by atoms with Crippen molar-refractivity contribution in [2.24, 2.45) is 16.6 Å². The molecule has 3 rings (SSSR count). The fourth-order valence-electron chi connectivity index (χ4n) is 3.13. The third-order valence-corrected chi connectivity index (χ3v) is 4.76. The number of hydrogen-bond acceptors (Lipinski definition) is 7. The first-order valence-corrected chi connectivity index (χ1v) is 10.9. The van der Waals surface area contributed by atoms with Crippen molar-refractivity contribution >= 4 is 29.5 Å². The molecule has 0 aliphatic carbocycles. The number of fused-ring (bicyclic) bond motifs is 1. The molecule has 0 spiro atoms. The molecule has 0 bridgehead atoms. The first-order valence-electron chi connectivity index (χ1n) is 10.9. The summed E-state index contributed by atoms with van der Waals surface area (Å²) in [6, 6.07) is 3.62. The minimum atomic E-state index is -0.597. The molecule has 1 amide bonds. The molecular formula is C25H31N7O2. The van der Waals surface area contributed by atoms with Gasteiger partial charge in [-0.3, -0.25) is 5.32 Å². The van der Waals surface area contributed by atoms with Crippen LogP contribution in [0.15, 0.2) is 76.6 Å². The average Bonchev–Trinajstić information content (AvgIpc) is 2.75. The number of ether oxygens (including phenoxy) is 1. The number of aromatic nitrogens is 1. The fourth-order valence-corrected chi connectivity index (χ4v) is 3.13. The van der Waals surface area contributed by atoms with Crippen LogP contribution < -0.4 is 21.7 Å². The summed E-state index contributed by atoms with van der Waals surface area (Å²) in [5.74, 6) is 1.47. The highest BCUT2D eigenvalue weighted by Gasteiger charge is 2.18. The highest BCUT2D eigenvalue weighted by molar-refractivity contribution is 5.97. The topological polar surface area (TPSA) is 138 Å². The van der Waals surface area contributed by atoms with Gasteiger partial charge in [-0.15, -0.1) is 0 Å². The van der Waals surface area contributed by atoms with Crippen LogP contribution in [0.1, 0.15) is 40.2 Å². The van der Waals surface area contributed by atoms with Crippen LogP contribution in [0.4, 0.5) is 10.6 Å². The van der Waals surface area contributed by atoms with Crippen LogP contribution in [0.5, 0.6) is 0 Å². The number of anilines is 1. The summed E-state index contributed by atoms with van der Waals surface area (Å²) in [4.78, 5) is 20.7. The van der Waals surface area contributed by atoms with Gasteiger partial charge in [-0.05, 0) is 79.8 Å². The van der Waals surface area contributed by atoms with Gasteiger partial charge in [0.15, 0.2) is 0 Å². The number of rotatable bonds is 6. The maximum Gasteiger partial charge on any atom is 0.413 e. The van der Waals surface area contributed by atoms with E-state index in [2.05, 4.69) is 25.9 Å². The van der Waals surface area contributed by atoms with E-state index in [0.717, 1.165) is 28.1 Å². The molecular weight excluding hydrogens is 430 g/mol. The van der Waals surface area contributed by atoms with Crippen LogP contribution in [0, 0.1) is 11.3 Å². The molecule has 1 aromatic rings. The predicted molar refractivity (Wildman–Crippen MR) is 136 cm³/mol. The van der Waals surface area contributed by atoms with Crippen molar-refractivity contribution in [3.05, 3.63) is 77.2 Å². The van der Waals surface area contributed by atoms with E-state index >= 15 is 0 Å². The lowest BCUT2D eigenvalue weighted by Gasteiger charge is -2.23. The van der Waals surface area contributed by atoms with Crippen molar-refractivity contribution in [2.45, 2.75) is 40.2 Å². The first kappa shape index (κ1) is 24.5. The lowest BCUT2D eigenvalue weighted by atomic mass is 10.0. The largest absolute Gasteiger partial charge is 0.444 e. The second-order valence-electron chi connectivity index (χ2n) is 9.10. The third kappa shape index (κ3) is 6.68. The van der Waals surface area contributed by atoms with Gasteiger partial charge in [-0.25, -0.2) is 14.8 Å². The number of nitrogens with zero attached hydrogens (tertiary/aromatic N) is 2. The van der Waals surface area contributed by atoms with Crippen molar-refractivity contribution in [1.29, 1.82) is 5.41 Å².